The number of ether oxygens (including phenoxy) is 2. The number of carbonyl (C=O) groups excluding carboxylic acids is 1. The van der Waals surface area contributed by atoms with Crippen LogP contribution in [0.3, 0.4) is 0 Å². The van der Waals surface area contributed by atoms with Gasteiger partial charge < -0.3 is 13.9 Å². The Morgan fingerprint density at radius 1 is 1.24 bits per heavy atom. The Morgan fingerprint density at radius 2 is 1.96 bits per heavy atom. The summed E-state index contributed by atoms with van der Waals surface area (Å²) in [5.74, 6) is 0.131. The van der Waals surface area contributed by atoms with Gasteiger partial charge >= 0.3 is 11.6 Å². The summed E-state index contributed by atoms with van der Waals surface area (Å²) in [5, 5.41) is 0.965. The third-order valence-corrected chi connectivity index (χ3v) is 4.87. The zero-order chi connectivity index (χ0) is 18.1. The Kier molecular flexibility index (Phi) is 4.84. The number of carbonyl (C=O) groups is 1. The molecule has 0 aliphatic heterocycles. The van der Waals surface area contributed by atoms with Crippen LogP contribution in [0.15, 0.2) is 21.3 Å². The average Bonchev–Trinajstić information content (AvgIpc) is 3.08. The minimum Gasteiger partial charge on any atom is -0.479 e. The van der Waals surface area contributed by atoms with E-state index in [0.29, 0.717) is 11.3 Å². The second-order valence-electron chi connectivity index (χ2n) is 6.68. The minimum absolute atomic E-state index is 0.142. The first kappa shape index (κ1) is 17.5. The van der Waals surface area contributed by atoms with E-state index in [4.69, 9.17) is 13.9 Å². The van der Waals surface area contributed by atoms with E-state index in [1.807, 2.05) is 32.9 Å². The quantitative estimate of drug-likeness (QED) is 0.611. The first-order valence-corrected chi connectivity index (χ1v) is 8.87. The molecule has 5 nitrogen and oxygen atoms in total. The van der Waals surface area contributed by atoms with Crippen molar-refractivity contribution in [1.29, 1.82) is 0 Å². The summed E-state index contributed by atoms with van der Waals surface area (Å²) < 4.78 is 16.6. The fourth-order valence-corrected chi connectivity index (χ4v) is 3.21. The Balaban J connectivity index is 1.91. The second kappa shape index (κ2) is 6.90. The number of benzene rings is 1. The van der Waals surface area contributed by atoms with Crippen LogP contribution >= 0.6 is 0 Å². The van der Waals surface area contributed by atoms with Gasteiger partial charge in [0.25, 0.3) is 0 Å². The monoisotopic (exact) mass is 344 g/mol. The van der Waals surface area contributed by atoms with Gasteiger partial charge in [-0.3, -0.25) is 0 Å². The summed E-state index contributed by atoms with van der Waals surface area (Å²) in [4.78, 5) is 24.3. The van der Waals surface area contributed by atoms with Crippen LogP contribution in [0.2, 0.25) is 0 Å². The lowest BCUT2D eigenvalue weighted by Gasteiger charge is -2.18. The van der Waals surface area contributed by atoms with Gasteiger partial charge in [-0.1, -0.05) is 6.92 Å². The molecule has 0 saturated heterocycles. The Hall–Kier alpha value is -2.30. The van der Waals surface area contributed by atoms with Crippen LogP contribution in [-0.4, -0.2) is 18.2 Å². The molecule has 134 valence electrons. The normalized spacial score (nSPS) is 15.7. The van der Waals surface area contributed by atoms with Crippen LogP contribution in [-0.2, 0) is 22.4 Å². The molecule has 2 aromatic rings. The first-order valence-electron chi connectivity index (χ1n) is 8.87. The predicted octanol–water partition coefficient (Wildman–Crippen LogP) is 3.70. The van der Waals surface area contributed by atoms with Crippen molar-refractivity contribution in [2.75, 3.05) is 0 Å². The molecule has 0 fully saturated rings. The van der Waals surface area contributed by atoms with Crippen molar-refractivity contribution in [3.05, 3.63) is 39.2 Å². The SMILES string of the molecule is CC[C@@H](C)OC(=O)[C@@H](C)Oc1ccc2c3c(c(=O)oc2c1C)CCC3. The van der Waals surface area contributed by atoms with Gasteiger partial charge in [0.15, 0.2) is 6.10 Å². The number of hydrogen-bond donors (Lipinski definition) is 0. The molecule has 5 heteroatoms. The zero-order valence-corrected chi connectivity index (χ0v) is 15.2. The molecule has 0 radical (unpaired) electrons. The lowest BCUT2D eigenvalue weighted by Crippen LogP contribution is -2.29. The number of esters is 1. The third kappa shape index (κ3) is 3.28. The molecule has 2 atom stereocenters. The summed E-state index contributed by atoms with van der Waals surface area (Å²) in [6, 6.07) is 3.75. The Bertz CT molecular complexity index is 864. The van der Waals surface area contributed by atoms with E-state index >= 15 is 0 Å². The van der Waals surface area contributed by atoms with Crippen molar-refractivity contribution >= 4 is 16.9 Å². The molecule has 25 heavy (non-hydrogen) atoms. The van der Waals surface area contributed by atoms with Crippen molar-refractivity contribution in [2.45, 2.75) is 65.6 Å². The van der Waals surface area contributed by atoms with Gasteiger partial charge in [-0.2, -0.15) is 0 Å². The van der Waals surface area contributed by atoms with Gasteiger partial charge in [-0.15, -0.1) is 0 Å². The van der Waals surface area contributed by atoms with Gasteiger partial charge in [-0.05, 0) is 64.2 Å². The lowest BCUT2D eigenvalue weighted by atomic mass is 10.0. The van der Waals surface area contributed by atoms with Crippen LogP contribution in [0.1, 0.15) is 50.3 Å². The highest BCUT2D eigenvalue weighted by Gasteiger charge is 2.23. The molecule has 0 spiro atoms. The third-order valence-electron chi connectivity index (χ3n) is 4.87. The minimum atomic E-state index is -0.730. The fraction of sp³-hybridized carbons (Fsp3) is 0.500. The molecule has 1 aromatic heterocycles. The van der Waals surface area contributed by atoms with Crippen molar-refractivity contribution in [3.8, 4) is 5.75 Å². The molecular formula is C20H24O5. The van der Waals surface area contributed by atoms with Crippen molar-refractivity contribution in [3.63, 3.8) is 0 Å². The number of aryl methyl sites for hydroxylation is 2. The average molecular weight is 344 g/mol. The van der Waals surface area contributed by atoms with Crippen LogP contribution in [0.4, 0.5) is 0 Å². The molecule has 0 bridgehead atoms. The largest absolute Gasteiger partial charge is 0.479 e. The molecule has 3 rings (SSSR count). The Labute approximate surface area is 146 Å². The lowest BCUT2D eigenvalue weighted by molar-refractivity contribution is -0.155. The first-order chi connectivity index (χ1) is 11.9. The molecule has 1 aliphatic rings. The van der Waals surface area contributed by atoms with E-state index in [9.17, 15) is 9.59 Å². The summed E-state index contributed by atoms with van der Waals surface area (Å²) in [5.41, 5.74) is 2.90. The van der Waals surface area contributed by atoms with E-state index in [1.54, 1.807) is 6.92 Å². The summed E-state index contributed by atoms with van der Waals surface area (Å²) in [6.45, 7) is 7.31. The molecule has 0 N–H and O–H groups in total. The fourth-order valence-electron chi connectivity index (χ4n) is 3.21. The summed E-state index contributed by atoms with van der Waals surface area (Å²) in [7, 11) is 0. The van der Waals surface area contributed by atoms with Crippen molar-refractivity contribution < 1.29 is 18.7 Å². The van der Waals surface area contributed by atoms with Crippen LogP contribution in [0, 0.1) is 6.92 Å². The van der Waals surface area contributed by atoms with Gasteiger partial charge in [0.05, 0.1) is 6.10 Å². The van der Waals surface area contributed by atoms with Gasteiger partial charge in [0.1, 0.15) is 11.3 Å². The molecule has 0 saturated carbocycles. The highest BCUT2D eigenvalue weighted by Crippen LogP contribution is 2.33. The molecular weight excluding hydrogens is 320 g/mol. The molecule has 1 aromatic carbocycles. The number of rotatable bonds is 5. The van der Waals surface area contributed by atoms with Crippen molar-refractivity contribution in [2.24, 2.45) is 0 Å². The van der Waals surface area contributed by atoms with E-state index < -0.39 is 12.1 Å². The maximum Gasteiger partial charge on any atom is 0.347 e. The standard InChI is InChI=1S/C20H24O5/c1-5-11(2)23-19(21)13(4)24-17-10-9-15-14-7-6-8-16(14)20(22)25-18(15)12(17)3/h9-11,13H,5-8H2,1-4H3/t11-,13-/m1/s1. The van der Waals surface area contributed by atoms with E-state index in [0.717, 1.165) is 47.8 Å². The smallest absolute Gasteiger partial charge is 0.347 e. The van der Waals surface area contributed by atoms with E-state index in [1.165, 1.54) is 0 Å². The van der Waals surface area contributed by atoms with Crippen LogP contribution in [0.25, 0.3) is 11.0 Å². The maximum atomic E-state index is 12.2. The predicted molar refractivity (Wildman–Crippen MR) is 95.2 cm³/mol. The van der Waals surface area contributed by atoms with Gasteiger partial charge in [-0.25, -0.2) is 9.59 Å². The number of fused-ring (bicyclic) bond motifs is 3. The topological polar surface area (TPSA) is 65.7 Å². The summed E-state index contributed by atoms with van der Waals surface area (Å²) in [6.07, 6.45) is 2.54. The zero-order valence-electron chi connectivity index (χ0n) is 15.2. The second-order valence-corrected chi connectivity index (χ2v) is 6.68. The molecule has 1 heterocycles. The Morgan fingerprint density at radius 3 is 2.68 bits per heavy atom. The highest BCUT2D eigenvalue weighted by atomic mass is 16.6. The van der Waals surface area contributed by atoms with Crippen LogP contribution in [0.5, 0.6) is 5.75 Å². The summed E-state index contributed by atoms with van der Waals surface area (Å²) >= 11 is 0. The highest BCUT2D eigenvalue weighted by molar-refractivity contribution is 5.86. The molecule has 0 amide bonds. The van der Waals surface area contributed by atoms with Crippen molar-refractivity contribution in [1.82, 2.24) is 0 Å². The molecule has 0 unspecified atom stereocenters. The molecule has 1 aliphatic carbocycles. The number of hydrogen-bond acceptors (Lipinski definition) is 5. The maximum absolute atomic E-state index is 12.2. The van der Waals surface area contributed by atoms with Gasteiger partial charge in [0, 0.05) is 16.5 Å². The van der Waals surface area contributed by atoms with Gasteiger partial charge in [0.2, 0.25) is 0 Å². The van der Waals surface area contributed by atoms with E-state index in [-0.39, 0.29) is 11.7 Å². The van der Waals surface area contributed by atoms with Crippen LogP contribution < -0.4 is 10.4 Å². The van der Waals surface area contributed by atoms with E-state index in [2.05, 4.69) is 0 Å².